The van der Waals surface area contributed by atoms with Gasteiger partial charge in [0.15, 0.2) is 0 Å². The largest absolute Gasteiger partial charge is 0.350 e. The number of carbonyl (C=O) groups excluding carboxylic acids is 1. The fourth-order valence-corrected chi connectivity index (χ4v) is 4.14. The van der Waals surface area contributed by atoms with Gasteiger partial charge in [0.25, 0.3) is 0 Å². The molecule has 0 unspecified atom stereocenters. The van der Waals surface area contributed by atoms with Crippen molar-refractivity contribution in [1.82, 2.24) is 24.5 Å². The van der Waals surface area contributed by atoms with Crippen LogP contribution in [-0.4, -0.2) is 25.1 Å². The molecule has 1 aliphatic heterocycles. The molecule has 3 aromatic heterocycles. The highest BCUT2D eigenvalue weighted by atomic mass is 35.5. The zero-order chi connectivity index (χ0) is 17.8. The van der Waals surface area contributed by atoms with Gasteiger partial charge in [-0.3, -0.25) is 9.48 Å². The Labute approximate surface area is 154 Å². The van der Waals surface area contributed by atoms with Crippen LogP contribution in [0, 0.1) is 0 Å². The monoisotopic (exact) mass is 365 g/mol. The maximum absolute atomic E-state index is 12.4. The first-order valence-corrected chi connectivity index (χ1v) is 8.85. The summed E-state index contributed by atoms with van der Waals surface area (Å²) in [6.45, 7) is 0.421. The Morgan fingerprint density at radius 3 is 3.00 bits per heavy atom. The second kappa shape index (κ2) is 5.57. The lowest BCUT2D eigenvalue weighted by molar-refractivity contribution is -0.121. The second-order valence-electron chi connectivity index (χ2n) is 6.55. The van der Waals surface area contributed by atoms with Crippen LogP contribution >= 0.6 is 11.6 Å². The van der Waals surface area contributed by atoms with Gasteiger partial charge in [-0.25, -0.2) is 4.98 Å². The molecule has 5 rings (SSSR count). The molecule has 4 heterocycles. The van der Waals surface area contributed by atoms with Gasteiger partial charge < -0.3 is 9.72 Å². The predicted octanol–water partition coefficient (Wildman–Crippen LogP) is 3.03. The molecule has 130 valence electrons. The average Bonchev–Trinajstić information content (AvgIpc) is 3.12. The van der Waals surface area contributed by atoms with Crippen molar-refractivity contribution in [2.45, 2.75) is 18.9 Å². The van der Waals surface area contributed by atoms with E-state index in [1.807, 2.05) is 54.3 Å². The summed E-state index contributed by atoms with van der Waals surface area (Å²) in [5.74, 6) is -0.225. The molecule has 26 heavy (non-hydrogen) atoms. The number of halogens is 1. The number of pyridine rings is 1. The molecule has 1 aliphatic rings. The van der Waals surface area contributed by atoms with Gasteiger partial charge in [-0.2, -0.15) is 5.10 Å². The van der Waals surface area contributed by atoms with E-state index in [0.717, 1.165) is 33.6 Å². The average molecular weight is 366 g/mol. The Hall–Kier alpha value is -2.86. The molecular weight excluding hydrogens is 350 g/mol. The smallest absolute Gasteiger partial charge is 0.221 e. The number of hydrogen-bond acceptors (Lipinski definition) is 3. The maximum atomic E-state index is 12.4. The standard InChI is InChI=1S/C19H16ClN5O/c1-24-14-6-4-5-12(20)17(14)18(23-24)11-9-16(26)21-10-13-19(11)25-8-3-2-7-15(25)22-13/h2-8,11H,9-10H2,1H3,(H,21,26)/t11-/m1/s1. The lowest BCUT2D eigenvalue weighted by atomic mass is 9.94. The number of nitrogens with zero attached hydrogens (tertiary/aromatic N) is 4. The third kappa shape index (κ3) is 2.15. The first-order valence-electron chi connectivity index (χ1n) is 8.47. The molecule has 0 aliphatic carbocycles. The Morgan fingerprint density at radius 2 is 2.12 bits per heavy atom. The van der Waals surface area contributed by atoms with Gasteiger partial charge >= 0.3 is 0 Å². The van der Waals surface area contributed by atoms with Crippen LogP contribution in [0.15, 0.2) is 42.6 Å². The predicted molar refractivity (Wildman–Crippen MR) is 99.2 cm³/mol. The molecular formula is C19H16ClN5O. The van der Waals surface area contributed by atoms with Crippen molar-refractivity contribution in [3.8, 4) is 0 Å². The fourth-order valence-electron chi connectivity index (χ4n) is 3.87. The van der Waals surface area contributed by atoms with Crippen LogP contribution in [0.1, 0.15) is 29.4 Å². The fraction of sp³-hybridized carbons (Fsp3) is 0.211. The van der Waals surface area contributed by atoms with E-state index < -0.39 is 0 Å². The van der Waals surface area contributed by atoms with Gasteiger partial charge in [0.1, 0.15) is 5.65 Å². The molecule has 0 saturated carbocycles. The second-order valence-corrected chi connectivity index (χ2v) is 6.96. The summed E-state index contributed by atoms with van der Waals surface area (Å²) in [5.41, 5.74) is 4.51. The van der Waals surface area contributed by atoms with Gasteiger partial charge in [-0.1, -0.05) is 23.7 Å². The van der Waals surface area contributed by atoms with Gasteiger partial charge in [0, 0.05) is 25.1 Å². The quantitative estimate of drug-likeness (QED) is 0.564. The summed E-state index contributed by atoms with van der Waals surface area (Å²) in [4.78, 5) is 17.1. The van der Waals surface area contributed by atoms with Crippen LogP contribution in [-0.2, 0) is 18.4 Å². The van der Waals surface area contributed by atoms with Crippen LogP contribution in [0.2, 0.25) is 5.02 Å². The van der Waals surface area contributed by atoms with E-state index in [1.54, 1.807) is 0 Å². The van der Waals surface area contributed by atoms with Crippen molar-refractivity contribution < 1.29 is 4.79 Å². The van der Waals surface area contributed by atoms with Crippen molar-refractivity contribution in [3.05, 3.63) is 64.7 Å². The molecule has 1 N–H and O–H groups in total. The molecule has 0 saturated heterocycles. The number of nitrogens with one attached hydrogen (secondary N) is 1. The van der Waals surface area contributed by atoms with E-state index >= 15 is 0 Å². The number of benzene rings is 1. The molecule has 0 spiro atoms. The molecule has 6 nitrogen and oxygen atoms in total. The van der Waals surface area contributed by atoms with Crippen molar-refractivity contribution in [2.24, 2.45) is 7.05 Å². The summed E-state index contributed by atoms with van der Waals surface area (Å²) in [6.07, 6.45) is 2.30. The van der Waals surface area contributed by atoms with E-state index in [-0.39, 0.29) is 11.8 Å². The van der Waals surface area contributed by atoms with E-state index in [9.17, 15) is 4.79 Å². The molecule has 1 amide bonds. The van der Waals surface area contributed by atoms with Crippen molar-refractivity contribution in [1.29, 1.82) is 0 Å². The minimum atomic E-state index is -0.214. The topological polar surface area (TPSA) is 64.2 Å². The first kappa shape index (κ1) is 15.4. The van der Waals surface area contributed by atoms with Crippen LogP contribution in [0.25, 0.3) is 16.6 Å². The van der Waals surface area contributed by atoms with Gasteiger partial charge in [0.2, 0.25) is 5.91 Å². The number of hydrogen-bond donors (Lipinski definition) is 1. The third-order valence-electron chi connectivity index (χ3n) is 5.00. The van der Waals surface area contributed by atoms with E-state index in [2.05, 4.69) is 9.72 Å². The summed E-state index contributed by atoms with van der Waals surface area (Å²) in [6, 6.07) is 11.7. The number of fused-ring (bicyclic) bond motifs is 4. The van der Waals surface area contributed by atoms with Crippen LogP contribution in [0.4, 0.5) is 0 Å². The minimum Gasteiger partial charge on any atom is -0.350 e. The van der Waals surface area contributed by atoms with E-state index in [4.69, 9.17) is 21.7 Å². The number of aromatic nitrogens is 4. The molecule has 0 radical (unpaired) electrons. The Morgan fingerprint density at radius 1 is 1.23 bits per heavy atom. The number of amides is 1. The number of carbonyl (C=O) groups is 1. The lowest BCUT2D eigenvalue weighted by Gasteiger charge is -2.14. The van der Waals surface area contributed by atoms with Crippen molar-refractivity contribution in [3.63, 3.8) is 0 Å². The maximum Gasteiger partial charge on any atom is 0.221 e. The van der Waals surface area contributed by atoms with Crippen LogP contribution in [0.5, 0.6) is 0 Å². The van der Waals surface area contributed by atoms with Crippen LogP contribution < -0.4 is 5.32 Å². The normalized spacial score (nSPS) is 17.3. The van der Waals surface area contributed by atoms with Gasteiger partial charge in [0.05, 0.1) is 40.1 Å². The lowest BCUT2D eigenvalue weighted by Crippen LogP contribution is -2.21. The summed E-state index contributed by atoms with van der Waals surface area (Å²) >= 11 is 6.51. The van der Waals surface area contributed by atoms with E-state index in [1.165, 1.54) is 0 Å². The SMILES string of the molecule is Cn1nc([C@H]2CC(=O)NCc3nc4ccccn4c32)c2c(Cl)cccc21. The van der Waals surface area contributed by atoms with E-state index in [0.29, 0.717) is 18.0 Å². The number of rotatable bonds is 1. The highest BCUT2D eigenvalue weighted by molar-refractivity contribution is 6.35. The highest BCUT2D eigenvalue weighted by Gasteiger charge is 2.32. The Kier molecular flexibility index (Phi) is 3.30. The zero-order valence-electron chi connectivity index (χ0n) is 14.1. The van der Waals surface area contributed by atoms with Gasteiger partial charge in [-0.05, 0) is 24.3 Å². The third-order valence-corrected chi connectivity index (χ3v) is 5.31. The summed E-state index contributed by atoms with van der Waals surface area (Å²) in [5, 5.41) is 9.24. The number of imidazole rings is 1. The molecule has 0 fully saturated rings. The Balaban J connectivity index is 1.83. The molecule has 1 atom stereocenters. The van der Waals surface area contributed by atoms with Gasteiger partial charge in [-0.15, -0.1) is 0 Å². The highest BCUT2D eigenvalue weighted by Crippen LogP contribution is 2.38. The molecule has 0 bridgehead atoms. The Bertz CT molecular complexity index is 1180. The molecule has 7 heteroatoms. The first-order chi connectivity index (χ1) is 12.6. The molecule has 4 aromatic rings. The zero-order valence-corrected chi connectivity index (χ0v) is 14.9. The summed E-state index contributed by atoms with van der Waals surface area (Å²) in [7, 11) is 1.90. The van der Waals surface area contributed by atoms with Crippen molar-refractivity contribution >= 4 is 34.1 Å². The molecule has 1 aromatic carbocycles. The summed E-state index contributed by atoms with van der Waals surface area (Å²) < 4.78 is 3.87. The van der Waals surface area contributed by atoms with Crippen molar-refractivity contribution in [2.75, 3.05) is 0 Å². The van der Waals surface area contributed by atoms with Crippen LogP contribution in [0.3, 0.4) is 0 Å². The minimum absolute atomic E-state index is 0.0106. The number of aryl methyl sites for hydroxylation is 1.